The first-order chi connectivity index (χ1) is 14.1. The van der Waals surface area contributed by atoms with Gasteiger partial charge >= 0.3 is 5.97 Å². The highest BCUT2D eigenvalue weighted by molar-refractivity contribution is 5.89. The lowest BCUT2D eigenvalue weighted by molar-refractivity contribution is -0.147. The molecule has 2 aromatic carbocycles. The summed E-state index contributed by atoms with van der Waals surface area (Å²) in [4.78, 5) is 25.8. The van der Waals surface area contributed by atoms with Crippen LogP contribution in [0.3, 0.4) is 0 Å². The van der Waals surface area contributed by atoms with Gasteiger partial charge in [0.2, 0.25) is 0 Å². The quantitative estimate of drug-likeness (QED) is 0.553. The zero-order valence-corrected chi connectivity index (χ0v) is 16.1. The fraction of sp³-hybridized carbons (Fsp3) is 0.217. The molecule has 1 aliphatic heterocycles. The molecule has 0 saturated heterocycles. The van der Waals surface area contributed by atoms with Crippen LogP contribution >= 0.6 is 0 Å². The third-order valence-corrected chi connectivity index (χ3v) is 4.63. The Kier molecular flexibility index (Phi) is 6.79. The van der Waals surface area contributed by atoms with E-state index in [1.807, 2.05) is 36.4 Å². The molecule has 150 valence electrons. The van der Waals surface area contributed by atoms with Crippen LogP contribution in [0.25, 0.3) is 11.6 Å². The summed E-state index contributed by atoms with van der Waals surface area (Å²) in [6.07, 6.45) is 5.37. The van der Waals surface area contributed by atoms with Crippen molar-refractivity contribution >= 4 is 23.5 Å². The van der Waals surface area contributed by atoms with Gasteiger partial charge in [-0.3, -0.25) is 4.79 Å². The molecule has 1 heterocycles. The van der Waals surface area contributed by atoms with Crippen molar-refractivity contribution in [1.29, 1.82) is 0 Å². The van der Waals surface area contributed by atoms with Gasteiger partial charge in [-0.05, 0) is 41.3 Å². The molecule has 2 aromatic rings. The Bertz CT molecular complexity index is 937. The number of rotatable bonds is 6. The number of halogens is 1. The van der Waals surface area contributed by atoms with Crippen LogP contribution in [0.2, 0.25) is 0 Å². The molecular formula is C23H22FNO4. The first-order valence-electron chi connectivity index (χ1n) is 9.27. The van der Waals surface area contributed by atoms with Gasteiger partial charge in [-0.25, -0.2) is 9.18 Å². The van der Waals surface area contributed by atoms with Gasteiger partial charge in [-0.1, -0.05) is 42.5 Å². The molecule has 1 aliphatic rings. The number of hydrogen-bond acceptors (Lipinski definition) is 4. The lowest BCUT2D eigenvalue weighted by Gasteiger charge is -2.26. The zero-order valence-electron chi connectivity index (χ0n) is 16.1. The van der Waals surface area contributed by atoms with Crippen LogP contribution in [-0.4, -0.2) is 43.6 Å². The van der Waals surface area contributed by atoms with Crippen molar-refractivity contribution < 1.29 is 23.5 Å². The maximum atomic E-state index is 13.6. The van der Waals surface area contributed by atoms with Crippen LogP contribution in [0.15, 0.2) is 60.7 Å². The van der Waals surface area contributed by atoms with Crippen LogP contribution in [-0.2, 0) is 14.3 Å². The van der Waals surface area contributed by atoms with E-state index in [0.29, 0.717) is 18.7 Å². The molecule has 29 heavy (non-hydrogen) atoms. The summed E-state index contributed by atoms with van der Waals surface area (Å²) >= 11 is 0. The monoisotopic (exact) mass is 395 g/mol. The average Bonchev–Trinajstić information content (AvgIpc) is 2.77. The first kappa shape index (κ1) is 20.3. The largest absolute Gasteiger partial charge is 0.494 e. The number of amides is 1. The van der Waals surface area contributed by atoms with Crippen molar-refractivity contribution in [2.45, 2.75) is 6.42 Å². The van der Waals surface area contributed by atoms with E-state index in [1.165, 1.54) is 30.9 Å². The second-order valence-corrected chi connectivity index (χ2v) is 6.52. The van der Waals surface area contributed by atoms with Crippen LogP contribution in [0.4, 0.5) is 4.39 Å². The molecule has 0 radical (unpaired) electrons. The van der Waals surface area contributed by atoms with E-state index in [1.54, 1.807) is 11.0 Å². The minimum absolute atomic E-state index is 0.126. The molecule has 0 unspecified atom stereocenters. The Hall–Kier alpha value is -3.41. The normalized spacial score (nSPS) is 13.9. The number of esters is 1. The molecule has 5 nitrogen and oxygen atoms in total. The predicted octanol–water partition coefficient (Wildman–Crippen LogP) is 3.71. The maximum Gasteiger partial charge on any atom is 0.331 e. The molecule has 0 atom stereocenters. The molecule has 0 N–H and O–H groups in total. The predicted molar refractivity (Wildman–Crippen MR) is 109 cm³/mol. The van der Waals surface area contributed by atoms with Gasteiger partial charge in [0.15, 0.2) is 18.2 Å². The molecule has 0 aromatic heterocycles. The fourth-order valence-electron chi connectivity index (χ4n) is 3.03. The Balaban J connectivity index is 1.47. The standard InChI is InChI=1S/C23H22FNO4/c1-28-21-9-7-17(15-20(21)24)8-10-23(27)29-16-22(26)25-13-11-19(12-14-25)18-5-3-2-4-6-18/h2-11,15H,12-14,16H2,1H3/b10-8+. The van der Waals surface area contributed by atoms with Gasteiger partial charge in [0.1, 0.15) is 0 Å². The topological polar surface area (TPSA) is 55.8 Å². The third-order valence-electron chi connectivity index (χ3n) is 4.63. The molecule has 0 aliphatic carbocycles. The minimum atomic E-state index is -0.660. The van der Waals surface area contributed by atoms with Crippen LogP contribution in [0.1, 0.15) is 17.5 Å². The van der Waals surface area contributed by atoms with Crippen molar-refractivity contribution in [3.05, 3.63) is 77.6 Å². The number of methoxy groups -OCH3 is 1. The van der Waals surface area contributed by atoms with Gasteiger partial charge in [0, 0.05) is 19.2 Å². The highest BCUT2D eigenvalue weighted by Gasteiger charge is 2.18. The molecule has 3 rings (SSSR count). The van der Waals surface area contributed by atoms with Gasteiger partial charge < -0.3 is 14.4 Å². The number of nitrogens with zero attached hydrogens (tertiary/aromatic N) is 1. The van der Waals surface area contributed by atoms with Crippen molar-refractivity contribution in [2.75, 3.05) is 26.8 Å². The van der Waals surface area contributed by atoms with Crippen LogP contribution in [0.5, 0.6) is 5.75 Å². The zero-order chi connectivity index (χ0) is 20.6. The summed E-state index contributed by atoms with van der Waals surface area (Å²) in [7, 11) is 1.38. The minimum Gasteiger partial charge on any atom is -0.494 e. The molecule has 6 heteroatoms. The van der Waals surface area contributed by atoms with Crippen LogP contribution in [0, 0.1) is 5.82 Å². The number of ether oxygens (including phenoxy) is 2. The van der Waals surface area contributed by atoms with Gasteiger partial charge in [-0.15, -0.1) is 0 Å². The Morgan fingerprint density at radius 3 is 2.62 bits per heavy atom. The summed E-state index contributed by atoms with van der Waals surface area (Å²) in [6, 6.07) is 14.4. The lowest BCUT2D eigenvalue weighted by atomic mass is 10.00. The van der Waals surface area contributed by atoms with Gasteiger partial charge in [-0.2, -0.15) is 0 Å². The Morgan fingerprint density at radius 1 is 1.17 bits per heavy atom. The highest BCUT2D eigenvalue weighted by Crippen LogP contribution is 2.22. The van der Waals surface area contributed by atoms with Gasteiger partial charge in [0.25, 0.3) is 5.91 Å². The van der Waals surface area contributed by atoms with E-state index < -0.39 is 11.8 Å². The highest BCUT2D eigenvalue weighted by atomic mass is 19.1. The second-order valence-electron chi connectivity index (χ2n) is 6.52. The number of benzene rings is 2. The fourth-order valence-corrected chi connectivity index (χ4v) is 3.03. The van der Waals surface area contributed by atoms with E-state index in [4.69, 9.17) is 9.47 Å². The third kappa shape index (κ3) is 5.54. The SMILES string of the molecule is COc1ccc(/C=C/C(=O)OCC(=O)N2CC=C(c3ccccc3)CC2)cc1F. The molecule has 0 bridgehead atoms. The van der Waals surface area contributed by atoms with Crippen LogP contribution < -0.4 is 4.74 Å². The Morgan fingerprint density at radius 2 is 1.97 bits per heavy atom. The molecule has 1 amide bonds. The van der Waals surface area contributed by atoms with E-state index >= 15 is 0 Å². The summed E-state index contributed by atoms with van der Waals surface area (Å²) in [5, 5.41) is 0. The van der Waals surface area contributed by atoms with E-state index in [-0.39, 0.29) is 18.3 Å². The van der Waals surface area contributed by atoms with Gasteiger partial charge in [0.05, 0.1) is 7.11 Å². The average molecular weight is 395 g/mol. The lowest BCUT2D eigenvalue weighted by Crippen LogP contribution is -2.37. The summed E-state index contributed by atoms with van der Waals surface area (Å²) in [5.74, 6) is -1.30. The number of carbonyl (C=O) groups excluding carboxylic acids is 2. The van der Waals surface area contributed by atoms with E-state index in [2.05, 4.69) is 0 Å². The molecular weight excluding hydrogens is 373 g/mol. The second kappa shape index (κ2) is 9.68. The number of hydrogen-bond donors (Lipinski definition) is 0. The summed E-state index contributed by atoms with van der Waals surface area (Å²) in [5.41, 5.74) is 2.86. The molecule has 0 spiro atoms. The van der Waals surface area contributed by atoms with Crippen molar-refractivity contribution in [1.82, 2.24) is 4.90 Å². The molecule has 0 saturated carbocycles. The summed E-state index contributed by atoms with van der Waals surface area (Å²) in [6.45, 7) is 0.744. The van der Waals surface area contributed by atoms with E-state index in [9.17, 15) is 14.0 Å². The van der Waals surface area contributed by atoms with Crippen molar-refractivity contribution in [3.63, 3.8) is 0 Å². The summed E-state index contributed by atoms with van der Waals surface area (Å²) < 4.78 is 23.5. The van der Waals surface area contributed by atoms with E-state index in [0.717, 1.165) is 18.1 Å². The maximum absolute atomic E-state index is 13.6. The molecule has 0 fully saturated rings. The van der Waals surface area contributed by atoms with Crippen molar-refractivity contribution in [2.24, 2.45) is 0 Å². The Labute approximate surface area is 169 Å². The van der Waals surface area contributed by atoms with Crippen molar-refractivity contribution in [3.8, 4) is 5.75 Å². The number of carbonyl (C=O) groups is 2. The first-order valence-corrected chi connectivity index (χ1v) is 9.27. The smallest absolute Gasteiger partial charge is 0.331 e.